The van der Waals surface area contributed by atoms with E-state index in [4.69, 9.17) is 11.6 Å². The number of carbonyl (C=O) groups is 1. The molecule has 1 aliphatic heterocycles. The highest BCUT2D eigenvalue weighted by Crippen LogP contribution is 2.30. The molecule has 0 radical (unpaired) electrons. The van der Waals surface area contributed by atoms with Gasteiger partial charge in [0.05, 0.1) is 22.4 Å². The van der Waals surface area contributed by atoms with E-state index < -0.39 is 21.7 Å². The van der Waals surface area contributed by atoms with Gasteiger partial charge in [-0.15, -0.1) is 0 Å². The van der Waals surface area contributed by atoms with Crippen LogP contribution in [-0.4, -0.2) is 36.0 Å². The van der Waals surface area contributed by atoms with Crippen molar-refractivity contribution >= 4 is 27.4 Å². The van der Waals surface area contributed by atoms with Crippen LogP contribution in [0.25, 0.3) is 0 Å². The third-order valence-corrected chi connectivity index (χ3v) is 5.58. The monoisotopic (exact) mass is 303 g/mol. The van der Waals surface area contributed by atoms with Gasteiger partial charge in [-0.1, -0.05) is 11.6 Å². The van der Waals surface area contributed by atoms with Gasteiger partial charge >= 0.3 is 5.97 Å². The second-order valence-electron chi connectivity index (χ2n) is 4.78. The quantitative estimate of drug-likeness (QED) is 0.909. The van der Waals surface area contributed by atoms with E-state index in [-0.39, 0.29) is 23.8 Å². The summed E-state index contributed by atoms with van der Waals surface area (Å²) in [5, 5.41) is 9.71. The summed E-state index contributed by atoms with van der Waals surface area (Å²) in [5.41, 5.74) is 0.688. The number of rotatable bonds is 4. The Kier molecular flexibility index (Phi) is 4.10. The largest absolute Gasteiger partial charge is 0.481 e. The van der Waals surface area contributed by atoms with Crippen molar-refractivity contribution in [1.29, 1.82) is 0 Å². The average Bonchev–Trinajstić information content (AvgIpc) is 2.68. The van der Waals surface area contributed by atoms with Crippen LogP contribution in [0.2, 0.25) is 5.02 Å². The molecule has 7 heteroatoms. The van der Waals surface area contributed by atoms with E-state index in [0.29, 0.717) is 17.0 Å². The van der Waals surface area contributed by atoms with Crippen molar-refractivity contribution in [2.45, 2.75) is 12.8 Å². The van der Waals surface area contributed by atoms with E-state index >= 15 is 0 Å². The highest BCUT2D eigenvalue weighted by atomic mass is 35.5. The number of aliphatic carboxylic acids is 1. The lowest BCUT2D eigenvalue weighted by atomic mass is 9.86. The molecule has 1 aromatic heterocycles. The molecule has 0 aromatic carbocycles. The zero-order valence-electron chi connectivity index (χ0n) is 10.1. The molecular formula is C12H14ClNO4S. The van der Waals surface area contributed by atoms with Gasteiger partial charge in [0.1, 0.15) is 0 Å². The smallest absolute Gasteiger partial charge is 0.307 e. The molecule has 0 saturated carbocycles. The third kappa shape index (κ3) is 3.45. The Morgan fingerprint density at radius 1 is 1.58 bits per heavy atom. The van der Waals surface area contributed by atoms with Gasteiger partial charge in [-0.2, -0.15) is 0 Å². The fourth-order valence-corrected chi connectivity index (χ4v) is 4.48. The maximum Gasteiger partial charge on any atom is 0.307 e. The first-order valence-electron chi connectivity index (χ1n) is 5.90. The topological polar surface area (TPSA) is 84.3 Å². The van der Waals surface area contributed by atoms with Crippen LogP contribution in [0, 0.1) is 11.8 Å². The van der Waals surface area contributed by atoms with E-state index in [1.165, 1.54) is 6.20 Å². The molecule has 2 heterocycles. The van der Waals surface area contributed by atoms with E-state index in [2.05, 4.69) is 4.98 Å². The van der Waals surface area contributed by atoms with Crippen LogP contribution in [0.5, 0.6) is 0 Å². The Bertz CT molecular complexity index is 587. The minimum Gasteiger partial charge on any atom is -0.481 e. The highest BCUT2D eigenvalue weighted by Gasteiger charge is 2.37. The van der Waals surface area contributed by atoms with Gasteiger partial charge in [0.15, 0.2) is 9.84 Å². The zero-order chi connectivity index (χ0) is 14.0. The molecule has 0 aliphatic carbocycles. The van der Waals surface area contributed by atoms with Crippen molar-refractivity contribution in [3.63, 3.8) is 0 Å². The van der Waals surface area contributed by atoms with Gasteiger partial charge in [-0.05, 0) is 30.4 Å². The molecule has 19 heavy (non-hydrogen) atoms. The van der Waals surface area contributed by atoms with Crippen molar-refractivity contribution in [3.8, 4) is 0 Å². The molecule has 2 rings (SSSR count). The average molecular weight is 304 g/mol. The summed E-state index contributed by atoms with van der Waals surface area (Å²) in [4.78, 5) is 15.2. The van der Waals surface area contributed by atoms with Crippen molar-refractivity contribution in [2.75, 3.05) is 11.5 Å². The molecule has 2 atom stereocenters. The molecule has 1 aliphatic rings. The number of hydrogen-bond donors (Lipinski definition) is 1. The summed E-state index contributed by atoms with van der Waals surface area (Å²) in [6, 6.07) is 1.67. The van der Waals surface area contributed by atoms with Gasteiger partial charge in [-0.25, -0.2) is 8.42 Å². The first-order chi connectivity index (χ1) is 8.89. The summed E-state index contributed by atoms with van der Waals surface area (Å²) in [6.07, 6.45) is 3.64. The predicted molar refractivity (Wildman–Crippen MR) is 70.8 cm³/mol. The molecule has 0 bridgehead atoms. The minimum absolute atomic E-state index is 0.0489. The zero-order valence-corrected chi connectivity index (χ0v) is 11.7. The summed E-state index contributed by atoms with van der Waals surface area (Å²) >= 11 is 5.96. The van der Waals surface area contributed by atoms with E-state index in [1.807, 2.05) is 0 Å². The lowest BCUT2D eigenvalue weighted by molar-refractivity contribution is -0.143. The van der Waals surface area contributed by atoms with Gasteiger partial charge < -0.3 is 5.11 Å². The standard InChI is InChI=1S/C12H14ClNO4S/c13-11-6-14-3-1-8(11)5-10(12(15)16)9-2-4-19(17,18)7-9/h1,3,6,9-10H,2,4-5,7H2,(H,15,16). The number of halogens is 1. The van der Waals surface area contributed by atoms with Crippen LogP contribution in [0.15, 0.2) is 18.5 Å². The summed E-state index contributed by atoms with van der Waals surface area (Å²) < 4.78 is 22.9. The molecule has 2 unspecified atom stereocenters. The first-order valence-corrected chi connectivity index (χ1v) is 8.10. The second kappa shape index (κ2) is 5.46. The molecule has 104 valence electrons. The Hall–Kier alpha value is -1.14. The van der Waals surface area contributed by atoms with Gasteiger partial charge in [-0.3, -0.25) is 9.78 Å². The number of sulfone groups is 1. The number of carboxylic acid groups (broad SMARTS) is 1. The van der Waals surface area contributed by atoms with Crippen LogP contribution >= 0.6 is 11.6 Å². The van der Waals surface area contributed by atoms with Crippen molar-refractivity contribution in [1.82, 2.24) is 4.98 Å². The molecule has 0 spiro atoms. The molecule has 5 nitrogen and oxygen atoms in total. The lowest BCUT2D eigenvalue weighted by Crippen LogP contribution is -2.26. The Morgan fingerprint density at radius 3 is 2.84 bits per heavy atom. The first kappa shape index (κ1) is 14.3. The van der Waals surface area contributed by atoms with E-state index in [9.17, 15) is 18.3 Å². The van der Waals surface area contributed by atoms with Crippen LogP contribution in [0.4, 0.5) is 0 Å². The minimum atomic E-state index is -3.09. The van der Waals surface area contributed by atoms with Gasteiger partial charge in [0.25, 0.3) is 0 Å². The fraction of sp³-hybridized carbons (Fsp3) is 0.500. The Labute approximate surface area is 116 Å². The molecule has 1 saturated heterocycles. The van der Waals surface area contributed by atoms with Crippen LogP contribution < -0.4 is 0 Å². The molecule has 1 fully saturated rings. The Morgan fingerprint density at radius 2 is 2.32 bits per heavy atom. The number of nitrogens with zero attached hydrogens (tertiary/aromatic N) is 1. The maximum atomic E-state index is 11.5. The normalized spacial score (nSPS) is 23.1. The number of carboxylic acids is 1. The van der Waals surface area contributed by atoms with Crippen molar-refractivity contribution in [3.05, 3.63) is 29.0 Å². The van der Waals surface area contributed by atoms with Crippen molar-refractivity contribution < 1.29 is 18.3 Å². The highest BCUT2D eigenvalue weighted by molar-refractivity contribution is 7.91. The number of hydrogen-bond acceptors (Lipinski definition) is 4. The second-order valence-corrected chi connectivity index (χ2v) is 7.41. The summed E-state index contributed by atoms with van der Waals surface area (Å²) in [5.74, 6) is -2.02. The van der Waals surface area contributed by atoms with E-state index in [0.717, 1.165) is 0 Å². The SMILES string of the molecule is O=C(O)C(Cc1ccncc1Cl)C1CCS(=O)(=O)C1. The van der Waals surface area contributed by atoms with Crippen LogP contribution in [0.1, 0.15) is 12.0 Å². The van der Waals surface area contributed by atoms with Crippen molar-refractivity contribution in [2.24, 2.45) is 11.8 Å². The predicted octanol–water partition coefficient (Wildman–Crippen LogP) is 1.41. The van der Waals surface area contributed by atoms with Gasteiger partial charge in [0, 0.05) is 12.4 Å². The summed E-state index contributed by atoms with van der Waals surface area (Å²) in [6.45, 7) is 0. The van der Waals surface area contributed by atoms with Gasteiger partial charge in [0.2, 0.25) is 0 Å². The van der Waals surface area contributed by atoms with Crippen LogP contribution in [-0.2, 0) is 21.1 Å². The molecule has 1 aromatic rings. The molecule has 0 amide bonds. The molecular weight excluding hydrogens is 290 g/mol. The Balaban J connectivity index is 2.18. The number of aromatic nitrogens is 1. The third-order valence-electron chi connectivity index (χ3n) is 3.45. The van der Waals surface area contributed by atoms with E-state index in [1.54, 1.807) is 12.3 Å². The fourth-order valence-electron chi connectivity index (χ4n) is 2.40. The summed E-state index contributed by atoms with van der Waals surface area (Å²) in [7, 11) is -3.09. The van der Waals surface area contributed by atoms with Crippen LogP contribution in [0.3, 0.4) is 0 Å². The number of pyridine rings is 1. The lowest BCUT2D eigenvalue weighted by Gasteiger charge is -2.18. The maximum absolute atomic E-state index is 11.5. The molecule has 1 N–H and O–H groups in total.